The fourth-order valence-electron chi connectivity index (χ4n) is 3.78. The van der Waals surface area contributed by atoms with Crippen molar-refractivity contribution >= 4 is 40.0 Å². The molecule has 1 spiro atoms. The minimum absolute atomic E-state index is 0. The average molecular weight is 538 g/mol. The van der Waals surface area contributed by atoms with Crippen LogP contribution in [0.1, 0.15) is 18.4 Å². The highest BCUT2D eigenvalue weighted by Crippen LogP contribution is 2.38. The predicted octanol–water partition coefficient (Wildman–Crippen LogP) is 1.42. The van der Waals surface area contributed by atoms with Crippen molar-refractivity contribution in [1.29, 1.82) is 0 Å². The number of aliphatic imine (C=N–C) groups is 1. The lowest BCUT2D eigenvalue weighted by atomic mass is 9.87. The van der Waals surface area contributed by atoms with E-state index in [1.165, 1.54) is 7.11 Å². The molecule has 2 heterocycles. The fourth-order valence-corrected chi connectivity index (χ4v) is 4.87. The van der Waals surface area contributed by atoms with Crippen molar-refractivity contribution in [1.82, 2.24) is 14.9 Å². The molecular weight excluding hydrogens is 507 g/mol. The molecule has 29 heavy (non-hydrogen) atoms. The fraction of sp³-hybridized carbons (Fsp3) is 0.632. The number of nitrogens with zero attached hydrogens (tertiary/aromatic N) is 2. The SMILES string of the molecule is CN=C(NCc1cccc(S(=O)(=O)NCCOC)c1)N1CCC2(CCOC2)C1.I. The highest BCUT2D eigenvalue weighted by atomic mass is 127. The van der Waals surface area contributed by atoms with Gasteiger partial charge in [-0.2, -0.15) is 0 Å². The van der Waals surface area contributed by atoms with Crippen molar-refractivity contribution in [2.75, 3.05) is 53.6 Å². The van der Waals surface area contributed by atoms with Crippen LogP contribution in [0.3, 0.4) is 0 Å². The monoisotopic (exact) mass is 538 g/mol. The minimum Gasteiger partial charge on any atom is -0.383 e. The van der Waals surface area contributed by atoms with Crippen LogP contribution in [0.5, 0.6) is 0 Å². The standard InChI is InChI=1S/C19H30N4O4S.HI/c1-20-18(23-9-6-19(14-23)7-10-27-15-19)21-13-16-4-3-5-17(12-16)28(24,25)22-8-11-26-2;/h3-5,12,22H,6-11,13-15H2,1-2H3,(H,20,21);1H. The van der Waals surface area contributed by atoms with Crippen LogP contribution in [0, 0.1) is 5.41 Å². The van der Waals surface area contributed by atoms with E-state index in [4.69, 9.17) is 9.47 Å². The van der Waals surface area contributed by atoms with Gasteiger partial charge in [0.2, 0.25) is 10.0 Å². The highest BCUT2D eigenvalue weighted by Gasteiger charge is 2.42. The number of nitrogens with one attached hydrogen (secondary N) is 2. The molecule has 1 unspecified atom stereocenters. The number of sulfonamides is 1. The number of hydrogen-bond acceptors (Lipinski definition) is 5. The van der Waals surface area contributed by atoms with E-state index in [9.17, 15) is 8.42 Å². The Morgan fingerprint density at radius 1 is 1.38 bits per heavy atom. The quantitative estimate of drug-likeness (QED) is 0.236. The Kier molecular flexibility index (Phi) is 9.14. The van der Waals surface area contributed by atoms with Gasteiger partial charge >= 0.3 is 0 Å². The minimum atomic E-state index is -3.54. The summed E-state index contributed by atoms with van der Waals surface area (Å²) in [5, 5.41) is 3.36. The number of rotatable bonds is 7. The van der Waals surface area contributed by atoms with Gasteiger partial charge in [0.1, 0.15) is 0 Å². The van der Waals surface area contributed by atoms with E-state index in [1.807, 2.05) is 6.07 Å². The van der Waals surface area contributed by atoms with Crippen LogP contribution in [0.15, 0.2) is 34.2 Å². The number of benzene rings is 1. The Morgan fingerprint density at radius 2 is 2.21 bits per heavy atom. The van der Waals surface area contributed by atoms with Crippen LogP contribution in [0.4, 0.5) is 0 Å². The summed E-state index contributed by atoms with van der Waals surface area (Å²) >= 11 is 0. The molecule has 0 aromatic heterocycles. The molecule has 2 N–H and O–H groups in total. The van der Waals surface area contributed by atoms with Crippen LogP contribution in [-0.4, -0.2) is 72.9 Å². The van der Waals surface area contributed by atoms with E-state index in [-0.39, 0.29) is 40.8 Å². The molecule has 3 rings (SSSR count). The molecule has 8 nitrogen and oxygen atoms in total. The first-order valence-electron chi connectivity index (χ1n) is 9.59. The van der Waals surface area contributed by atoms with E-state index in [0.29, 0.717) is 13.2 Å². The maximum absolute atomic E-state index is 12.4. The first-order valence-corrected chi connectivity index (χ1v) is 11.1. The van der Waals surface area contributed by atoms with Crippen molar-refractivity contribution in [3.8, 4) is 0 Å². The van der Waals surface area contributed by atoms with Gasteiger partial charge in [-0.3, -0.25) is 4.99 Å². The normalized spacial score (nSPS) is 22.1. The molecule has 0 aliphatic carbocycles. The Labute approximate surface area is 190 Å². The molecule has 0 radical (unpaired) electrons. The van der Waals surface area contributed by atoms with Gasteiger partial charge in [-0.05, 0) is 30.5 Å². The average Bonchev–Trinajstić information content (AvgIpc) is 3.33. The summed E-state index contributed by atoms with van der Waals surface area (Å²) in [6.45, 7) is 4.67. The third-order valence-electron chi connectivity index (χ3n) is 5.39. The van der Waals surface area contributed by atoms with Crippen LogP contribution in [0.2, 0.25) is 0 Å². The van der Waals surface area contributed by atoms with Crippen molar-refractivity contribution in [2.24, 2.45) is 10.4 Å². The number of halogens is 1. The maximum atomic E-state index is 12.4. The lowest BCUT2D eigenvalue weighted by Crippen LogP contribution is -2.41. The van der Waals surface area contributed by atoms with E-state index in [0.717, 1.165) is 50.7 Å². The Hall–Kier alpha value is -0.950. The van der Waals surface area contributed by atoms with Crippen molar-refractivity contribution in [3.05, 3.63) is 29.8 Å². The zero-order valence-electron chi connectivity index (χ0n) is 17.0. The third-order valence-corrected chi connectivity index (χ3v) is 6.85. The lowest BCUT2D eigenvalue weighted by molar-refractivity contribution is 0.156. The van der Waals surface area contributed by atoms with Crippen molar-refractivity contribution in [3.63, 3.8) is 0 Å². The van der Waals surface area contributed by atoms with E-state index < -0.39 is 10.0 Å². The van der Waals surface area contributed by atoms with Gasteiger partial charge in [0, 0.05) is 52.4 Å². The van der Waals surface area contributed by atoms with Gasteiger partial charge in [-0.1, -0.05) is 12.1 Å². The molecule has 1 atom stereocenters. The second-order valence-electron chi connectivity index (χ2n) is 7.41. The molecule has 164 valence electrons. The zero-order valence-corrected chi connectivity index (χ0v) is 20.2. The second-order valence-corrected chi connectivity index (χ2v) is 9.18. The molecule has 1 aromatic carbocycles. The third kappa shape index (κ3) is 6.27. The molecule has 2 fully saturated rings. The zero-order chi connectivity index (χ0) is 20.0. The Bertz CT molecular complexity index is 797. The predicted molar refractivity (Wildman–Crippen MR) is 123 cm³/mol. The van der Waals surface area contributed by atoms with Gasteiger partial charge < -0.3 is 19.7 Å². The van der Waals surface area contributed by atoms with Gasteiger partial charge in [0.05, 0.1) is 18.1 Å². The van der Waals surface area contributed by atoms with E-state index in [2.05, 4.69) is 19.9 Å². The Balaban J connectivity index is 0.00000300. The maximum Gasteiger partial charge on any atom is 0.240 e. The molecule has 2 aliphatic rings. The van der Waals surface area contributed by atoms with Crippen LogP contribution >= 0.6 is 24.0 Å². The second kappa shape index (κ2) is 10.9. The van der Waals surface area contributed by atoms with Gasteiger partial charge in [0.25, 0.3) is 0 Å². The number of hydrogen-bond donors (Lipinski definition) is 2. The van der Waals surface area contributed by atoms with Crippen LogP contribution in [-0.2, 0) is 26.0 Å². The summed E-state index contributed by atoms with van der Waals surface area (Å²) < 4.78 is 37.8. The number of guanidine groups is 1. The number of methoxy groups -OCH3 is 1. The summed E-state index contributed by atoms with van der Waals surface area (Å²) in [4.78, 5) is 6.92. The lowest BCUT2D eigenvalue weighted by Gasteiger charge is -2.25. The first kappa shape index (κ1) is 24.3. The molecule has 0 saturated carbocycles. The molecule has 2 aliphatic heterocycles. The smallest absolute Gasteiger partial charge is 0.240 e. The van der Waals surface area contributed by atoms with Gasteiger partial charge in [-0.15, -0.1) is 24.0 Å². The summed E-state index contributed by atoms with van der Waals surface area (Å²) in [6.07, 6.45) is 2.23. The molecular formula is C19H31IN4O4S. The number of likely N-dealkylation sites (tertiary alicyclic amines) is 1. The van der Waals surface area contributed by atoms with E-state index in [1.54, 1.807) is 25.2 Å². The van der Waals surface area contributed by atoms with Crippen LogP contribution < -0.4 is 10.0 Å². The van der Waals surface area contributed by atoms with Gasteiger partial charge in [-0.25, -0.2) is 13.1 Å². The molecule has 0 amide bonds. The Morgan fingerprint density at radius 3 is 2.90 bits per heavy atom. The summed E-state index contributed by atoms with van der Waals surface area (Å²) in [6, 6.07) is 6.94. The topological polar surface area (TPSA) is 92.3 Å². The summed E-state index contributed by atoms with van der Waals surface area (Å²) in [5.74, 6) is 0.843. The molecule has 10 heteroatoms. The highest BCUT2D eigenvalue weighted by molar-refractivity contribution is 14.0. The first-order chi connectivity index (χ1) is 13.5. The largest absolute Gasteiger partial charge is 0.383 e. The van der Waals surface area contributed by atoms with Crippen LogP contribution in [0.25, 0.3) is 0 Å². The van der Waals surface area contributed by atoms with Crippen molar-refractivity contribution < 1.29 is 17.9 Å². The van der Waals surface area contributed by atoms with E-state index >= 15 is 0 Å². The van der Waals surface area contributed by atoms with Gasteiger partial charge in [0.15, 0.2) is 5.96 Å². The molecule has 0 bridgehead atoms. The molecule has 2 saturated heterocycles. The number of ether oxygens (including phenoxy) is 2. The van der Waals surface area contributed by atoms with Crippen molar-refractivity contribution in [2.45, 2.75) is 24.3 Å². The molecule has 1 aromatic rings. The summed E-state index contributed by atoms with van der Waals surface area (Å²) in [7, 11) is -0.228. The summed E-state index contributed by atoms with van der Waals surface area (Å²) in [5.41, 5.74) is 1.15.